The predicted octanol–water partition coefficient (Wildman–Crippen LogP) is 9.04. The van der Waals surface area contributed by atoms with Crippen LogP contribution in [0.3, 0.4) is 0 Å². The van der Waals surface area contributed by atoms with Crippen LogP contribution >= 0.6 is 0 Å². The molecule has 1 radical (unpaired) electrons. The van der Waals surface area contributed by atoms with Crippen LogP contribution in [-0.2, 0) is 20.1 Å². The van der Waals surface area contributed by atoms with E-state index < -0.39 is 6.85 Å². The number of aromatic nitrogens is 2. The molecule has 3 heterocycles. The van der Waals surface area contributed by atoms with E-state index in [4.69, 9.17) is 8.53 Å². The van der Waals surface area contributed by atoms with Gasteiger partial charge >= 0.3 is 0 Å². The van der Waals surface area contributed by atoms with Gasteiger partial charge in [-0.15, -0.1) is 53.6 Å². The minimum Gasteiger partial charge on any atom is -0.501 e. The normalized spacial score (nSPS) is 12.3. The van der Waals surface area contributed by atoms with Crippen molar-refractivity contribution in [2.45, 2.75) is 40.5 Å². The number of pyridine rings is 2. The molecule has 6 aromatic rings. The Hall–Kier alpha value is -3.59. The van der Waals surface area contributed by atoms with E-state index >= 15 is 0 Å². The van der Waals surface area contributed by atoms with E-state index in [9.17, 15) is 0 Å². The summed E-state index contributed by atoms with van der Waals surface area (Å²) < 4.78 is 28.0. The Kier molecular flexibility index (Phi) is 7.34. The molecule has 38 heavy (non-hydrogen) atoms. The van der Waals surface area contributed by atoms with Crippen LogP contribution in [0.15, 0.2) is 89.6 Å². The Bertz CT molecular complexity index is 1760. The SMILES string of the molecule is Cc1ccc(-c2[c-]ccc3c2oc2cc(C(C)C)ccc23)nc1.[2H]C([2H])([2H])c1ccc(-c2[c-]cc(C)cc2)nc1.[Ir]. The van der Waals surface area contributed by atoms with Crippen LogP contribution in [0.1, 0.15) is 46.1 Å². The first-order valence-corrected chi connectivity index (χ1v) is 12.4. The Balaban J connectivity index is 0.000000193. The van der Waals surface area contributed by atoms with Crippen LogP contribution in [0, 0.1) is 32.8 Å². The van der Waals surface area contributed by atoms with Gasteiger partial charge in [0.25, 0.3) is 0 Å². The topological polar surface area (TPSA) is 38.9 Å². The first-order valence-electron chi connectivity index (χ1n) is 13.9. The van der Waals surface area contributed by atoms with E-state index in [-0.39, 0.29) is 25.7 Å². The summed E-state index contributed by atoms with van der Waals surface area (Å²) in [5.41, 5.74) is 9.03. The van der Waals surface area contributed by atoms with Gasteiger partial charge < -0.3 is 14.4 Å². The molecule has 3 aromatic carbocycles. The zero-order valence-electron chi connectivity index (χ0n) is 24.8. The van der Waals surface area contributed by atoms with Crippen molar-refractivity contribution in [1.29, 1.82) is 0 Å². The molecule has 0 atom stereocenters. The number of fused-ring (bicyclic) bond motifs is 3. The zero-order valence-corrected chi connectivity index (χ0v) is 24.2. The molecular formula is C34H30IrN2O-2. The van der Waals surface area contributed by atoms with E-state index in [2.05, 4.69) is 66.3 Å². The summed E-state index contributed by atoms with van der Waals surface area (Å²) in [6.07, 6.45) is 3.28. The molecule has 6 rings (SSSR count). The maximum absolute atomic E-state index is 7.26. The van der Waals surface area contributed by atoms with Crippen LogP contribution in [0.4, 0.5) is 0 Å². The van der Waals surface area contributed by atoms with Gasteiger partial charge in [-0.05, 0) is 53.8 Å². The van der Waals surface area contributed by atoms with Gasteiger partial charge in [0.1, 0.15) is 5.58 Å². The van der Waals surface area contributed by atoms with Gasteiger partial charge in [0.2, 0.25) is 0 Å². The summed E-state index contributed by atoms with van der Waals surface area (Å²) in [7, 11) is 0. The van der Waals surface area contributed by atoms with Crippen molar-refractivity contribution in [3.05, 3.63) is 120 Å². The molecule has 0 aliphatic rings. The number of hydrogen-bond donors (Lipinski definition) is 0. The van der Waals surface area contributed by atoms with Crippen LogP contribution in [-0.4, -0.2) is 9.97 Å². The monoisotopic (exact) mass is 678 g/mol. The summed E-state index contributed by atoms with van der Waals surface area (Å²) in [4.78, 5) is 8.68. The van der Waals surface area contributed by atoms with Crippen molar-refractivity contribution < 1.29 is 28.6 Å². The average molecular weight is 678 g/mol. The summed E-state index contributed by atoms with van der Waals surface area (Å²) >= 11 is 0. The fraction of sp³-hybridized carbons (Fsp3) is 0.176. The van der Waals surface area contributed by atoms with E-state index in [1.54, 1.807) is 12.1 Å². The van der Waals surface area contributed by atoms with Gasteiger partial charge in [-0.1, -0.05) is 68.1 Å². The van der Waals surface area contributed by atoms with Crippen LogP contribution in [0.25, 0.3) is 44.5 Å². The first kappa shape index (κ1) is 23.5. The number of nitrogens with zero attached hydrogens (tertiary/aromatic N) is 2. The van der Waals surface area contributed by atoms with Crippen molar-refractivity contribution in [1.82, 2.24) is 9.97 Å². The number of aryl methyl sites for hydroxylation is 3. The molecule has 4 heteroatoms. The van der Waals surface area contributed by atoms with Crippen LogP contribution in [0.2, 0.25) is 0 Å². The fourth-order valence-corrected chi connectivity index (χ4v) is 4.14. The molecule has 193 valence electrons. The van der Waals surface area contributed by atoms with Gasteiger partial charge in [-0.3, -0.25) is 0 Å². The third-order valence-corrected chi connectivity index (χ3v) is 6.30. The molecule has 0 saturated carbocycles. The minimum absolute atomic E-state index is 0. The number of hydrogen-bond acceptors (Lipinski definition) is 3. The second-order valence-corrected chi connectivity index (χ2v) is 9.54. The summed E-state index contributed by atoms with van der Waals surface area (Å²) in [6.45, 7) is 6.32. The van der Waals surface area contributed by atoms with Gasteiger partial charge in [-0.2, -0.15) is 0 Å². The molecule has 0 spiro atoms. The molecule has 3 nitrogen and oxygen atoms in total. The van der Waals surface area contributed by atoms with E-state index in [0.717, 1.165) is 55.6 Å². The smallest absolute Gasteiger partial charge is 0.121 e. The quantitative estimate of drug-likeness (QED) is 0.176. The third-order valence-electron chi connectivity index (χ3n) is 6.30. The van der Waals surface area contributed by atoms with Crippen molar-refractivity contribution in [3.63, 3.8) is 0 Å². The molecule has 0 fully saturated rings. The van der Waals surface area contributed by atoms with Crippen LogP contribution in [0.5, 0.6) is 0 Å². The van der Waals surface area contributed by atoms with E-state index in [0.29, 0.717) is 5.92 Å². The van der Waals surface area contributed by atoms with Gasteiger partial charge in [0, 0.05) is 42.0 Å². The van der Waals surface area contributed by atoms with Gasteiger partial charge in [0.05, 0.1) is 5.58 Å². The fourth-order valence-electron chi connectivity index (χ4n) is 4.14. The first-order chi connectivity index (χ1) is 19.1. The minimum atomic E-state index is -2.09. The summed E-state index contributed by atoms with van der Waals surface area (Å²) in [5, 5.41) is 2.26. The Labute approximate surface area is 242 Å². The van der Waals surface area contributed by atoms with Crippen molar-refractivity contribution in [2.24, 2.45) is 0 Å². The number of furan rings is 1. The molecule has 0 aliphatic carbocycles. The van der Waals surface area contributed by atoms with E-state index in [1.165, 1.54) is 11.8 Å². The largest absolute Gasteiger partial charge is 0.501 e. The van der Waals surface area contributed by atoms with Gasteiger partial charge in [-0.25, -0.2) is 0 Å². The second-order valence-electron chi connectivity index (χ2n) is 9.54. The van der Waals surface area contributed by atoms with Crippen molar-refractivity contribution in [2.75, 3.05) is 0 Å². The molecule has 0 bridgehead atoms. The van der Waals surface area contributed by atoms with Crippen molar-refractivity contribution >= 4 is 21.9 Å². The molecule has 0 N–H and O–H groups in total. The standard InChI is InChI=1S/C21H18NO.C13H12N.Ir/c1-13(2)15-8-9-16-17-5-4-6-18(21(17)23-20(16)11-15)19-10-7-14(3)12-22-19;1-10-3-6-12(7-4-10)13-8-5-11(2)9-14-13;/h4-5,7-13H,1-3H3;3-6,8-9H,1-2H3;/q2*-1;/i;2D3;. The molecule has 3 aromatic heterocycles. The molecule has 0 unspecified atom stereocenters. The Morgan fingerprint density at radius 3 is 2.18 bits per heavy atom. The maximum atomic E-state index is 7.26. The summed E-state index contributed by atoms with van der Waals surface area (Å²) in [6, 6.07) is 30.1. The average Bonchev–Trinajstić information content (AvgIpc) is 3.32. The van der Waals surface area contributed by atoms with E-state index in [1.807, 2.05) is 50.4 Å². The zero-order chi connectivity index (χ0) is 28.4. The van der Waals surface area contributed by atoms with Gasteiger partial charge in [0.15, 0.2) is 0 Å². The maximum Gasteiger partial charge on any atom is 0.121 e. The molecule has 0 saturated heterocycles. The number of benzene rings is 3. The van der Waals surface area contributed by atoms with Crippen LogP contribution < -0.4 is 0 Å². The molecule has 0 aliphatic heterocycles. The number of rotatable bonds is 3. The molecular weight excluding hydrogens is 645 g/mol. The summed E-state index contributed by atoms with van der Waals surface area (Å²) in [5.74, 6) is 0.484. The third kappa shape index (κ3) is 5.93. The Morgan fingerprint density at radius 1 is 0.789 bits per heavy atom. The second kappa shape index (κ2) is 11.9. The van der Waals surface area contributed by atoms with Crippen molar-refractivity contribution in [3.8, 4) is 22.5 Å². The Morgan fingerprint density at radius 2 is 1.53 bits per heavy atom. The molecule has 0 amide bonds. The predicted molar refractivity (Wildman–Crippen MR) is 153 cm³/mol.